The normalized spacial score (nSPS) is 51.5. The molecule has 0 aromatic heterocycles. The summed E-state index contributed by atoms with van der Waals surface area (Å²) in [5, 5.41) is 34.5. The van der Waals surface area contributed by atoms with Crippen LogP contribution < -0.4 is 0 Å². The monoisotopic (exact) mass is 168 g/mol. The summed E-state index contributed by atoms with van der Waals surface area (Å²) in [5.74, 6) is 0. The molecule has 0 aromatic rings. The van der Waals surface area contributed by atoms with Crippen LogP contribution in [0.15, 0.2) is 0 Å². The van der Waals surface area contributed by atoms with Crippen molar-refractivity contribution >= 4 is 0 Å². The third-order valence-electron chi connectivity index (χ3n) is 1.57. The summed E-state index contributed by atoms with van der Waals surface area (Å²) in [6.45, 7) is -0.662. The van der Waals surface area contributed by atoms with E-state index in [0.29, 0.717) is 0 Å². The number of ether oxygens (including phenoxy) is 1. The third kappa shape index (κ3) is 1.35. The van der Waals surface area contributed by atoms with Crippen LogP contribution in [0.2, 0.25) is 0 Å². The van der Waals surface area contributed by atoms with Gasteiger partial charge in [-0.15, -0.1) is 0 Å². The lowest BCUT2D eigenvalue weighted by atomic mass is 10.1. The molecule has 0 bridgehead atoms. The molecule has 4 N–H and O–H groups in total. The quantitative estimate of drug-likeness (QED) is 0.354. The lowest BCUT2D eigenvalue weighted by Crippen LogP contribution is -2.39. The second-order valence-electron chi connectivity index (χ2n) is 2.38. The van der Waals surface area contributed by atoms with Gasteiger partial charge in [0.1, 0.15) is 12.2 Å². The highest BCUT2D eigenvalue weighted by Crippen LogP contribution is 2.29. The van der Waals surface area contributed by atoms with Crippen LogP contribution in [-0.4, -0.2) is 51.4 Å². The van der Waals surface area contributed by atoms with E-state index in [0.717, 1.165) is 0 Å². The first-order chi connectivity index (χ1) is 4.99. The first kappa shape index (κ1) is 8.82. The predicted octanol–water partition coefficient (Wildman–Crippen LogP) is -2.29. The van der Waals surface area contributed by atoms with Gasteiger partial charge in [0.15, 0.2) is 6.10 Å². The second-order valence-corrected chi connectivity index (χ2v) is 2.38. The number of aliphatic hydroxyl groups is 4. The predicted molar refractivity (Wildman–Crippen MR) is 30.0 cm³/mol. The Morgan fingerprint density at radius 2 is 2.00 bits per heavy atom. The molecule has 6 heteroatoms. The molecule has 0 aromatic carbocycles. The average molecular weight is 168 g/mol. The number of halogens is 1. The molecule has 0 spiro atoms. The van der Waals surface area contributed by atoms with E-state index in [1.54, 1.807) is 0 Å². The van der Waals surface area contributed by atoms with E-state index in [1.165, 1.54) is 0 Å². The van der Waals surface area contributed by atoms with Crippen molar-refractivity contribution in [1.29, 1.82) is 0 Å². The minimum absolute atomic E-state index is 0.662. The van der Waals surface area contributed by atoms with Gasteiger partial charge in [-0.25, -0.2) is 0 Å². The molecule has 1 fully saturated rings. The molecule has 0 saturated carbocycles. The van der Waals surface area contributed by atoms with Crippen LogP contribution in [-0.2, 0) is 4.74 Å². The fourth-order valence-electron chi connectivity index (χ4n) is 0.911. The summed E-state index contributed by atoms with van der Waals surface area (Å²) < 4.78 is 16.6. The third-order valence-corrected chi connectivity index (χ3v) is 1.57. The maximum absolute atomic E-state index is 12.5. The summed E-state index contributed by atoms with van der Waals surface area (Å²) in [7, 11) is 0. The molecule has 1 aliphatic heterocycles. The molecule has 4 atom stereocenters. The minimum Gasteiger partial charge on any atom is -0.394 e. The summed E-state index contributed by atoms with van der Waals surface area (Å²) in [4.78, 5) is 0. The molecule has 1 heterocycles. The Morgan fingerprint density at radius 3 is 2.18 bits per heavy atom. The summed E-state index contributed by atoms with van der Waals surface area (Å²) in [6, 6.07) is -3.26. The van der Waals surface area contributed by atoms with Crippen molar-refractivity contribution in [1.82, 2.24) is 0 Å². The number of hydrogen-bond acceptors (Lipinski definition) is 5. The Bertz CT molecular complexity index is 150. The summed E-state index contributed by atoms with van der Waals surface area (Å²) in [5.41, 5.74) is 0. The highest BCUT2D eigenvalue weighted by molar-refractivity contribution is 4.89. The smallest absolute Gasteiger partial charge is 0.347 e. The van der Waals surface area contributed by atoms with Gasteiger partial charge in [-0.1, -0.05) is 0 Å². The van der Waals surface area contributed by atoms with Gasteiger partial charge in [-0.05, 0) is 0 Å². The first-order valence-corrected chi connectivity index (χ1v) is 3.05. The largest absolute Gasteiger partial charge is 0.394 e. The zero-order valence-corrected chi connectivity index (χ0v) is 5.51. The molecular formula is C5H9FO5. The highest BCUT2D eigenvalue weighted by atomic mass is 19.2. The Balaban J connectivity index is 2.69. The zero-order valence-electron chi connectivity index (χ0n) is 5.51. The van der Waals surface area contributed by atoms with Crippen molar-refractivity contribution in [3.8, 4) is 0 Å². The first-order valence-electron chi connectivity index (χ1n) is 3.05. The molecule has 1 rings (SSSR count). The number of aliphatic hydroxyl groups excluding tert-OH is 3. The van der Waals surface area contributed by atoms with E-state index in [2.05, 4.69) is 4.74 Å². The van der Waals surface area contributed by atoms with Crippen molar-refractivity contribution in [3.63, 3.8) is 0 Å². The fourth-order valence-corrected chi connectivity index (χ4v) is 0.911. The molecule has 0 unspecified atom stereocenters. The maximum Gasteiger partial charge on any atom is 0.347 e. The highest BCUT2D eigenvalue weighted by Gasteiger charge is 2.54. The summed E-state index contributed by atoms with van der Waals surface area (Å²) >= 11 is 0. The van der Waals surface area contributed by atoms with Gasteiger partial charge in [0.2, 0.25) is 0 Å². The van der Waals surface area contributed by atoms with Crippen LogP contribution in [0.3, 0.4) is 0 Å². The van der Waals surface area contributed by atoms with Crippen molar-refractivity contribution < 1.29 is 29.6 Å². The topological polar surface area (TPSA) is 90.2 Å². The zero-order chi connectivity index (χ0) is 8.65. The minimum atomic E-state index is -3.26. The van der Waals surface area contributed by atoms with Gasteiger partial charge in [-0.2, -0.15) is 4.39 Å². The lowest BCUT2D eigenvalue weighted by Gasteiger charge is -2.14. The molecule has 5 nitrogen and oxygen atoms in total. The Hall–Kier alpha value is -0.270. The second kappa shape index (κ2) is 2.65. The Kier molecular flexibility index (Phi) is 2.13. The average Bonchev–Trinajstić information content (AvgIpc) is 2.13. The van der Waals surface area contributed by atoms with Gasteiger partial charge in [0, 0.05) is 0 Å². The molecule has 11 heavy (non-hydrogen) atoms. The number of hydrogen-bond donors (Lipinski definition) is 4. The van der Waals surface area contributed by atoms with Crippen molar-refractivity contribution in [3.05, 3.63) is 0 Å². The van der Waals surface area contributed by atoms with Gasteiger partial charge < -0.3 is 25.2 Å². The Morgan fingerprint density at radius 1 is 1.45 bits per heavy atom. The van der Waals surface area contributed by atoms with Crippen LogP contribution in [0.1, 0.15) is 0 Å². The van der Waals surface area contributed by atoms with E-state index in [-0.39, 0.29) is 0 Å². The molecule has 66 valence electrons. The fraction of sp³-hybridized carbons (Fsp3) is 1.00. The molecular weight excluding hydrogens is 159 g/mol. The van der Waals surface area contributed by atoms with Crippen LogP contribution in [0.4, 0.5) is 4.39 Å². The van der Waals surface area contributed by atoms with Gasteiger partial charge in [0.25, 0.3) is 0 Å². The van der Waals surface area contributed by atoms with Crippen LogP contribution in [0, 0.1) is 0 Å². The number of rotatable bonds is 1. The number of alkyl halides is 1. The van der Waals surface area contributed by atoms with E-state index in [1.807, 2.05) is 0 Å². The molecule has 1 aliphatic rings. The Labute approximate surface area is 61.6 Å². The molecule has 0 amide bonds. The molecule has 0 aliphatic carbocycles. The maximum atomic E-state index is 12.5. The van der Waals surface area contributed by atoms with Gasteiger partial charge in [0.05, 0.1) is 6.61 Å². The lowest BCUT2D eigenvalue weighted by molar-refractivity contribution is -0.310. The molecule has 0 radical (unpaired) electrons. The summed E-state index contributed by atoms with van der Waals surface area (Å²) in [6.07, 6.45) is -4.91. The van der Waals surface area contributed by atoms with Crippen LogP contribution in [0.5, 0.6) is 0 Å². The van der Waals surface area contributed by atoms with Crippen molar-refractivity contribution in [2.24, 2.45) is 0 Å². The molecule has 1 saturated heterocycles. The van der Waals surface area contributed by atoms with E-state index in [9.17, 15) is 4.39 Å². The van der Waals surface area contributed by atoms with Crippen molar-refractivity contribution in [2.75, 3.05) is 6.61 Å². The van der Waals surface area contributed by atoms with Crippen LogP contribution in [0.25, 0.3) is 0 Å². The van der Waals surface area contributed by atoms with Gasteiger partial charge >= 0.3 is 6.04 Å². The van der Waals surface area contributed by atoms with Crippen LogP contribution >= 0.6 is 0 Å². The standard InChI is InChI=1S/C5H9FO5/c6-5(10)4(9)3(8)2(1-7)11-5/h2-4,7-10H,1H2/t2-,3-,4-,5+/m1/s1. The van der Waals surface area contributed by atoms with E-state index < -0.39 is 31.0 Å². The van der Waals surface area contributed by atoms with E-state index >= 15 is 0 Å². The van der Waals surface area contributed by atoms with E-state index in [4.69, 9.17) is 20.4 Å². The van der Waals surface area contributed by atoms with Gasteiger partial charge in [-0.3, -0.25) is 0 Å². The van der Waals surface area contributed by atoms with Crippen molar-refractivity contribution in [2.45, 2.75) is 24.4 Å². The SMILES string of the molecule is OC[C@H]1O[C@](O)(F)[C@H](O)[C@@H]1O.